The van der Waals surface area contributed by atoms with E-state index < -0.39 is 17.7 Å². The van der Waals surface area contributed by atoms with Crippen molar-refractivity contribution < 1.29 is 28.9 Å². The molecule has 174 valence electrons. The third-order valence-electron chi connectivity index (χ3n) is 6.55. The average Bonchev–Trinajstić information content (AvgIpc) is 3.13. The van der Waals surface area contributed by atoms with Crippen molar-refractivity contribution >= 4 is 17.4 Å². The van der Waals surface area contributed by atoms with E-state index in [1.54, 1.807) is 36.3 Å². The number of aliphatic hydroxyl groups excluding tert-OH is 1. The van der Waals surface area contributed by atoms with E-state index in [1.165, 1.54) is 14.2 Å². The second-order valence-corrected chi connectivity index (χ2v) is 8.28. The van der Waals surface area contributed by atoms with Gasteiger partial charge in [-0.15, -0.1) is 0 Å². The molecular weight excluding hydrogens is 422 g/mol. The van der Waals surface area contributed by atoms with Gasteiger partial charge in [-0.2, -0.15) is 0 Å². The Morgan fingerprint density at radius 3 is 2.03 bits per heavy atom. The molecule has 1 saturated carbocycles. The first-order valence-corrected chi connectivity index (χ1v) is 11.2. The van der Waals surface area contributed by atoms with Gasteiger partial charge < -0.3 is 24.2 Å². The first kappa shape index (κ1) is 22.7. The Balaban J connectivity index is 1.98. The van der Waals surface area contributed by atoms with Crippen LogP contribution in [0.25, 0.3) is 5.76 Å². The number of benzene rings is 2. The molecule has 1 amide bonds. The van der Waals surface area contributed by atoms with E-state index in [2.05, 4.69) is 0 Å². The van der Waals surface area contributed by atoms with Crippen molar-refractivity contribution in [3.8, 4) is 17.2 Å². The molecule has 1 N–H and O–H groups in total. The number of hydrogen-bond acceptors (Lipinski definition) is 6. The minimum Gasteiger partial charge on any atom is -0.506 e. The van der Waals surface area contributed by atoms with Crippen molar-refractivity contribution in [1.82, 2.24) is 4.90 Å². The highest BCUT2D eigenvalue weighted by Crippen LogP contribution is 2.47. The van der Waals surface area contributed by atoms with E-state index >= 15 is 0 Å². The maximum Gasteiger partial charge on any atom is 0.295 e. The Kier molecular flexibility index (Phi) is 6.58. The smallest absolute Gasteiger partial charge is 0.295 e. The number of carbonyl (C=O) groups is 2. The first-order valence-electron chi connectivity index (χ1n) is 11.2. The molecule has 33 heavy (non-hydrogen) atoms. The summed E-state index contributed by atoms with van der Waals surface area (Å²) >= 11 is 0. The lowest BCUT2D eigenvalue weighted by atomic mass is 9.90. The van der Waals surface area contributed by atoms with Crippen LogP contribution in [-0.4, -0.2) is 49.1 Å². The van der Waals surface area contributed by atoms with Crippen molar-refractivity contribution in [3.63, 3.8) is 0 Å². The molecule has 7 nitrogen and oxygen atoms in total. The molecule has 2 aromatic rings. The van der Waals surface area contributed by atoms with Gasteiger partial charge in [-0.3, -0.25) is 9.59 Å². The number of ketones is 1. The van der Waals surface area contributed by atoms with Crippen LogP contribution in [0.3, 0.4) is 0 Å². The van der Waals surface area contributed by atoms with Crippen molar-refractivity contribution in [2.45, 2.75) is 44.2 Å². The Labute approximate surface area is 193 Å². The van der Waals surface area contributed by atoms with Gasteiger partial charge in [-0.1, -0.05) is 43.5 Å². The molecule has 1 saturated heterocycles. The second kappa shape index (κ2) is 9.57. The quantitative estimate of drug-likeness (QED) is 0.396. The number of methoxy groups -OCH3 is 3. The van der Waals surface area contributed by atoms with Crippen molar-refractivity contribution in [2.75, 3.05) is 21.3 Å². The lowest BCUT2D eigenvalue weighted by Crippen LogP contribution is -2.40. The fraction of sp³-hybridized carbons (Fsp3) is 0.385. The lowest BCUT2D eigenvalue weighted by Gasteiger charge is -2.35. The summed E-state index contributed by atoms with van der Waals surface area (Å²) in [6.45, 7) is 0. The Morgan fingerprint density at radius 1 is 0.848 bits per heavy atom. The van der Waals surface area contributed by atoms with Crippen LogP contribution in [-0.2, 0) is 9.59 Å². The van der Waals surface area contributed by atoms with E-state index in [-0.39, 0.29) is 22.9 Å². The molecule has 1 unspecified atom stereocenters. The number of hydrogen-bond donors (Lipinski definition) is 1. The number of carbonyl (C=O) groups excluding carboxylic acids is 2. The van der Waals surface area contributed by atoms with E-state index in [1.807, 2.05) is 18.2 Å². The number of likely N-dealkylation sites (tertiary alicyclic amines) is 1. The summed E-state index contributed by atoms with van der Waals surface area (Å²) in [6.07, 6.45) is 4.73. The molecule has 0 bridgehead atoms. The van der Waals surface area contributed by atoms with Crippen molar-refractivity contribution in [1.29, 1.82) is 0 Å². The van der Waals surface area contributed by atoms with Gasteiger partial charge >= 0.3 is 0 Å². The van der Waals surface area contributed by atoms with E-state index in [0.717, 1.165) is 32.1 Å². The fourth-order valence-electron chi connectivity index (χ4n) is 5.00. The Bertz CT molecular complexity index is 1060. The van der Waals surface area contributed by atoms with Gasteiger partial charge in [0, 0.05) is 11.6 Å². The normalized spacial score (nSPS) is 20.7. The Hall–Kier alpha value is -3.48. The van der Waals surface area contributed by atoms with Gasteiger partial charge in [0.1, 0.15) is 28.6 Å². The molecule has 4 rings (SSSR count). The maximum atomic E-state index is 13.4. The maximum absolute atomic E-state index is 13.4. The summed E-state index contributed by atoms with van der Waals surface area (Å²) < 4.78 is 16.5. The number of Topliss-reactive ketones (excluding diaryl/α,β-unsaturated/α-hetero) is 1. The second-order valence-electron chi connectivity index (χ2n) is 8.28. The molecule has 0 radical (unpaired) electrons. The number of nitrogens with zero attached hydrogens (tertiary/aromatic N) is 1. The van der Waals surface area contributed by atoms with Gasteiger partial charge in [0.05, 0.1) is 32.9 Å². The Morgan fingerprint density at radius 2 is 1.42 bits per heavy atom. The zero-order valence-electron chi connectivity index (χ0n) is 19.2. The lowest BCUT2D eigenvalue weighted by molar-refractivity contribution is -0.141. The monoisotopic (exact) mass is 451 g/mol. The summed E-state index contributed by atoms with van der Waals surface area (Å²) in [5.74, 6) is -0.417. The van der Waals surface area contributed by atoms with Crippen LogP contribution in [0.2, 0.25) is 0 Å². The minimum atomic E-state index is -0.779. The predicted molar refractivity (Wildman–Crippen MR) is 124 cm³/mol. The molecule has 1 aliphatic heterocycles. The van der Waals surface area contributed by atoms with Gasteiger partial charge in [0.25, 0.3) is 11.7 Å². The summed E-state index contributed by atoms with van der Waals surface area (Å²) in [6, 6.07) is 11.5. The highest BCUT2D eigenvalue weighted by Gasteiger charge is 2.50. The summed E-state index contributed by atoms with van der Waals surface area (Å²) in [7, 11) is 4.50. The summed E-state index contributed by atoms with van der Waals surface area (Å²) in [4.78, 5) is 28.4. The SMILES string of the molecule is COc1ccccc1C1/C(=C(\O)c2c(OC)cccc2OC)C(=O)C(=O)N1C1CCCCC1. The third-order valence-corrected chi connectivity index (χ3v) is 6.55. The van der Waals surface area contributed by atoms with E-state index in [9.17, 15) is 14.7 Å². The van der Waals surface area contributed by atoms with Crippen LogP contribution < -0.4 is 14.2 Å². The van der Waals surface area contributed by atoms with Crippen LogP contribution in [0.5, 0.6) is 17.2 Å². The van der Waals surface area contributed by atoms with E-state index in [4.69, 9.17) is 14.2 Å². The van der Waals surface area contributed by atoms with Gasteiger partial charge in [0.2, 0.25) is 0 Å². The molecule has 2 fully saturated rings. The third kappa shape index (κ3) is 3.92. The van der Waals surface area contributed by atoms with Crippen molar-refractivity contribution in [2.24, 2.45) is 0 Å². The van der Waals surface area contributed by atoms with Crippen LogP contribution >= 0.6 is 0 Å². The zero-order chi connectivity index (χ0) is 23.5. The molecule has 1 aliphatic carbocycles. The van der Waals surface area contributed by atoms with Gasteiger partial charge in [-0.25, -0.2) is 0 Å². The number of aliphatic hydroxyl groups is 1. The van der Waals surface area contributed by atoms with Crippen LogP contribution in [0, 0.1) is 0 Å². The number of ether oxygens (including phenoxy) is 3. The standard InChI is InChI=1S/C26H29NO6/c1-31-18-13-8-7-12-17(18)23-22(24(28)21-19(32-2)14-9-15-20(21)33-3)25(29)26(30)27(23)16-10-5-4-6-11-16/h7-9,12-16,23,28H,4-6,10-11H2,1-3H3/b24-22+. The number of para-hydroxylation sites is 1. The van der Waals surface area contributed by atoms with E-state index in [0.29, 0.717) is 22.8 Å². The van der Waals surface area contributed by atoms with Crippen LogP contribution in [0.4, 0.5) is 0 Å². The van der Waals surface area contributed by atoms with Gasteiger partial charge in [-0.05, 0) is 31.0 Å². The van der Waals surface area contributed by atoms with Crippen LogP contribution in [0.15, 0.2) is 48.0 Å². The number of rotatable bonds is 6. The molecule has 0 spiro atoms. The predicted octanol–water partition coefficient (Wildman–Crippen LogP) is 4.47. The molecule has 1 atom stereocenters. The molecule has 2 aromatic carbocycles. The average molecular weight is 452 g/mol. The molecule has 0 aromatic heterocycles. The molecule has 2 aliphatic rings. The zero-order valence-corrected chi connectivity index (χ0v) is 19.2. The summed E-state index contributed by atoms with van der Waals surface area (Å²) in [5, 5.41) is 11.5. The van der Waals surface area contributed by atoms with Crippen molar-refractivity contribution in [3.05, 3.63) is 59.2 Å². The fourth-order valence-corrected chi connectivity index (χ4v) is 5.00. The molecule has 1 heterocycles. The minimum absolute atomic E-state index is 0.0119. The summed E-state index contributed by atoms with van der Waals surface area (Å²) in [5.41, 5.74) is 0.905. The molecular formula is C26H29NO6. The highest BCUT2D eigenvalue weighted by atomic mass is 16.5. The first-order chi connectivity index (χ1) is 16.0. The van der Waals surface area contributed by atoms with Gasteiger partial charge in [0.15, 0.2) is 0 Å². The topological polar surface area (TPSA) is 85.3 Å². The largest absolute Gasteiger partial charge is 0.506 e. The highest BCUT2D eigenvalue weighted by molar-refractivity contribution is 6.46. The van der Waals surface area contributed by atoms with Crippen LogP contribution in [0.1, 0.15) is 49.3 Å². The number of amides is 1. The molecule has 7 heteroatoms.